The third kappa shape index (κ3) is 2.87. The lowest BCUT2D eigenvalue weighted by Crippen LogP contribution is -1.93. The fourth-order valence-corrected chi connectivity index (χ4v) is 2.86. The Balaban J connectivity index is 1.98. The molecule has 110 valence electrons. The second-order valence-electron chi connectivity index (χ2n) is 5.38. The van der Waals surface area contributed by atoms with Gasteiger partial charge < -0.3 is 9.47 Å². The van der Waals surface area contributed by atoms with E-state index in [1.54, 1.807) is 14.2 Å². The highest BCUT2D eigenvalue weighted by Crippen LogP contribution is 2.33. The normalized spacial score (nSPS) is 14.2. The monoisotopic (exact) mass is 285 g/mol. The molecule has 3 nitrogen and oxygen atoms in total. The van der Waals surface area contributed by atoms with E-state index in [9.17, 15) is 0 Å². The molecule has 0 N–H and O–H groups in total. The average molecular weight is 285 g/mol. The lowest BCUT2D eigenvalue weighted by atomic mass is 10.1. The van der Waals surface area contributed by atoms with E-state index in [0.29, 0.717) is 0 Å². The molecular weight excluding hydrogens is 264 g/mol. The zero-order chi connectivity index (χ0) is 14.7. The van der Waals surface area contributed by atoms with Crippen molar-refractivity contribution in [3.05, 3.63) is 41.7 Å². The van der Waals surface area contributed by atoms with Gasteiger partial charge >= 0.3 is 11.5 Å². The van der Waals surface area contributed by atoms with E-state index in [-0.39, 0.29) is 0 Å². The quantitative estimate of drug-likeness (QED) is 0.613. The van der Waals surface area contributed by atoms with Gasteiger partial charge in [0.25, 0.3) is 0 Å². The van der Waals surface area contributed by atoms with Gasteiger partial charge in [0.15, 0.2) is 11.5 Å². The van der Waals surface area contributed by atoms with Crippen LogP contribution in [0.5, 0.6) is 11.5 Å². The highest BCUT2D eigenvalue weighted by atomic mass is 16.5. The molecule has 0 bridgehead atoms. The highest BCUT2D eigenvalue weighted by Gasteiger charge is 2.22. The maximum absolute atomic E-state index is 6.14. The van der Waals surface area contributed by atoms with Crippen LogP contribution >= 0.6 is 0 Å². The van der Waals surface area contributed by atoms with Crippen molar-refractivity contribution in [2.45, 2.75) is 32.1 Å². The van der Waals surface area contributed by atoms with Crippen LogP contribution in [-0.2, 0) is 12.8 Å². The van der Waals surface area contributed by atoms with E-state index in [0.717, 1.165) is 41.4 Å². The minimum Gasteiger partial charge on any atom is -0.493 e. The van der Waals surface area contributed by atoms with Crippen molar-refractivity contribution in [1.82, 2.24) is 0 Å². The number of ether oxygens (including phenoxy) is 2. The van der Waals surface area contributed by atoms with E-state index < -0.39 is 0 Å². The van der Waals surface area contributed by atoms with E-state index in [2.05, 4.69) is 12.1 Å². The summed E-state index contributed by atoms with van der Waals surface area (Å²) in [6, 6.07) is 10.1. The molecule has 3 heteroatoms. The summed E-state index contributed by atoms with van der Waals surface area (Å²) in [6.07, 6.45) is 5.93. The van der Waals surface area contributed by atoms with Crippen LogP contribution in [0.2, 0.25) is 0 Å². The van der Waals surface area contributed by atoms with Crippen LogP contribution < -0.4 is 9.47 Å². The van der Waals surface area contributed by atoms with Crippen molar-refractivity contribution >= 4 is 0 Å². The molecular formula is C18H21O3+. The molecule has 0 radical (unpaired) electrons. The van der Waals surface area contributed by atoms with E-state index in [1.165, 1.54) is 24.8 Å². The second kappa shape index (κ2) is 6.17. The molecule has 0 fully saturated rings. The summed E-state index contributed by atoms with van der Waals surface area (Å²) in [4.78, 5) is 0. The number of hydrogen-bond donors (Lipinski definition) is 0. The number of rotatable bonds is 3. The van der Waals surface area contributed by atoms with Crippen LogP contribution in [0.1, 0.15) is 30.6 Å². The fraction of sp³-hybridized carbons (Fsp3) is 0.389. The molecule has 2 aromatic rings. The molecule has 0 atom stereocenters. The Morgan fingerprint density at radius 2 is 1.67 bits per heavy atom. The Bertz CT molecular complexity index is 634. The minimum atomic E-state index is 0.722. The second-order valence-corrected chi connectivity index (χ2v) is 5.38. The van der Waals surface area contributed by atoms with Crippen molar-refractivity contribution in [2.24, 2.45) is 0 Å². The Morgan fingerprint density at radius 1 is 0.857 bits per heavy atom. The molecule has 0 amide bonds. The van der Waals surface area contributed by atoms with Crippen LogP contribution in [0, 0.1) is 0 Å². The summed E-state index contributed by atoms with van der Waals surface area (Å²) in [7, 11) is 3.29. The minimum absolute atomic E-state index is 0.722. The summed E-state index contributed by atoms with van der Waals surface area (Å²) in [5.74, 6) is 3.48. The third-order valence-electron chi connectivity index (χ3n) is 4.05. The van der Waals surface area contributed by atoms with Gasteiger partial charge in [-0.15, -0.1) is 0 Å². The number of fused-ring (bicyclic) bond motifs is 1. The van der Waals surface area contributed by atoms with Crippen LogP contribution in [0.15, 0.2) is 34.7 Å². The first-order valence-electron chi connectivity index (χ1n) is 7.49. The first-order chi connectivity index (χ1) is 10.3. The number of aryl methyl sites for hydroxylation is 2. The Morgan fingerprint density at radius 3 is 2.48 bits per heavy atom. The zero-order valence-corrected chi connectivity index (χ0v) is 12.6. The average Bonchev–Trinajstić information content (AvgIpc) is 2.78. The molecule has 0 saturated carbocycles. The molecule has 1 aliphatic rings. The zero-order valence-electron chi connectivity index (χ0n) is 12.6. The third-order valence-corrected chi connectivity index (χ3v) is 4.05. The maximum Gasteiger partial charge on any atom is 0.360 e. The van der Waals surface area contributed by atoms with E-state index in [4.69, 9.17) is 13.9 Å². The van der Waals surface area contributed by atoms with Gasteiger partial charge in [-0.3, -0.25) is 0 Å². The van der Waals surface area contributed by atoms with Crippen molar-refractivity contribution in [1.29, 1.82) is 0 Å². The number of benzene rings is 1. The van der Waals surface area contributed by atoms with Gasteiger partial charge in [-0.2, -0.15) is 0 Å². The highest BCUT2D eigenvalue weighted by molar-refractivity contribution is 5.62. The molecule has 1 aliphatic carbocycles. The standard InChI is InChI=1S/C18H21O3/c1-19-17-11-9-14(12-18(17)20-2)16-10-8-13-6-4-3-5-7-15(13)21-16/h8-12H,3-7H2,1-2H3/q+1. The summed E-state index contributed by atoms with van der Waals surface area (Å²) in [6.45, 7) is 0. The first-order valence-corrected chi connectivity index (χ1v) is 7.49. The summed E-state index contributed by atoms with van der Waals surface area (Å²) in [5, 5.41) is 0. The Kier molecular flexibility index (Phi) is 4.09. The number of hydrogen-bond acceptors (Lipinski definition) is 2. The van der Waals surface area contributed by atoms with Gasteiger partial charge in [0.1, 0.15) is 0 Å². The molecule has 3 rings (SSSR count). The van der Waals surface area contributed by atoms with E-state index in [1.807, 2.05) is 18.2 Å². The van der Waals surface area contributed by atoms with Crippen LogP contribution in [0.4, 0.5) is 0 Å². The predicted molar refractivity (Wildman–Crippen MR) is 82.9 cm³/mol. The number of methoxy groups -OCH3 is 2. The van der Waals surface area contributed by atoms with Crippen LogP contribution in [0.25, 0.3) is 11.3 Å². The molecule has 1 heterocycles. The summed E-state index contributed by atoms with van der Waals surface area (Å²) < 4.78 is 16.8. The molecule has 0 saturated heterocycles. The molecule has 0 aliphatic heterocycles. The topological polar surface area (TPSA) is 29.8 Å². The SMILES string of the molecule is COc1ccc(-c2ccc3c([o+]2)CCCCC3)cc1OC. The van der Waals surface area contributed by atoms with Gasteiger partial charge in [-0.05, 0) is 37.5 Å². The summed E-state index contributed by atoms with van der Waals surface area (Å²) >= 11 is 0. The fourth-order valence-electron chi connectivity index (χ4n) is 2.86. The lowest BCUT2D eigenvalue weighted by molar-refractivity contribution is 0.355. The predicted octanol–water partition coefficient (Wildman–Crippen LogP) is 4.51. The van der Waals surface area contributed by atoms with Crippen molar-refractivity contribution in [3.63, 3.8) is 0 Å². The van der Waals surface area contributed by atoms with Crippen molar-refractivity contribution < 1.29 is 13.9 Å². The molecule has 1 aromatic carbocycles. The van der Waals surface area contributed by atoms with Crippen molar-refractivity contribution in [2.75, 3.05) is 14.2 Å². The molecule has 1 aromatic heterocycles. The van der Waals surface area contributed by atoms with Crippen LogP contribution in [-0.4, -0.2) is 14.2 Å². The first kappa shape index (κ1) is 13.9. The van der Waals surface area contributed by atoms with Gasteiger partial charge in [0.2, 0.25) is 0 Å². The van der Waals surface area contributed by atoms with Crippen molar-refractivity contribution in [3.8, 4) is 22.8 Å². The van der Waals surface area contributed by atoms with Gasteiger partial charge in [0.05, 0.1) is 31.8 Å². The smallest absolute Gasteiger partial charge is 0.360 e. The van der Waals surface area contributed by atoms with Gasteiger partial charge in [0, 0.05) is 12.1 Å². The molecule has 0 unspecified atom stereocenters. The van der Waals surface area contributed by atoms with Gasteiger partial charge in [-0.25, -0.2) is 4.42 Å². The van der Waals surface area contributed by atoms with Crippen LogP contribution in [0.3, 0.4) is 0 Å². The Labute approximate surface area is 125 Å². The molecule has 21 heavy (non-hydrogen) atoms. The lowest BCUT2D eigenvalue weighted by Gasteiger charge is -2.07. The van der Waals surface area contributed by atoms with Gasteiger partial charge in [-0.1, -0.05) is 6.42 Å². The van der Waals surface area contributed by atoms with E-state index >= 15 is 0 Å². The summed E-state index contributed by atoms with van der Waals surface area (Å²) in [5.41, 5.74) is 2.37. The maximum atomic E-state index is 6.14. The Hall–Kier alpha value is -2.03. The largest absolute Gasteiger partial charge is 0.493 e. The molecule has 0 spiro atoms.